The van der Waals surface area contributed by atoms with E-state index in [0.29, 0.717) is 38.1 Å². The first-order valence-electron chi connectivity index (χ1n) is 8.56. The summed E-state index contributed by atoms with van der Waals surface area (Å²) in [5.74, 6) is -0.566. The van der Waals surface area contributed by atoms with Crippen LogP contribution in [-0.4, -0.2) is 53.3 Å². The molecule has 0 unspecified atom stereocenters. The van der Waals surface area contributed by atoms with Crippen LogP contribution in [0.5, 0.6) is 5.75 Å². The fourth-order valence-corrected chi connectivity index (χ4v) is 3.18. The van der Waals surface area contributed by atoms with E-state index in [-0.39, 0.29) is 36.2 Å². The van der Waals surface area contributed by atoms with Gasteiger partial charge in [0.25, 0.3) is 0 Å². The van der Waals surface area contributed by atoms with E-state index in [1.807, 2.05) is 0 Å². The van der Waals surface area contributed by atoms with E-state index >= 15 is 0 Å². The van der Waals surface area contributed by atoms with Crippen molar-refractivity contribution in [2.75, 3.05) is 19.6 Å². The maximum atomic E-state index is 13.0. The molecule has 2 fully saturated rings. The van der Waals surface area contributed by atoms with Crippen LogP contribution in [0.15, 0.2) is 24.3 Å². The van der Waals surface area contributed by atoms with Crippen molar-refractivity contribution in [1.82, 2.24) is 9.80 Å². The van der Waals surface area contributed by atoms with Gasteiger partial charge in [-0.2, -0.15) is 0 Å². The zero-order valence-corrected chi connectivity index (χ0v) is 13.9. The molecule has 6 nitrogen and oxygen atoms in total. The van der Waals surface area contributed by atoms with Crippen molar-refractivity contribution in [2.45, 2.75) is 38.2 Å². The number of piperidine rings is 2. The molecule has 2 heterocycles. The normalized spacial score (nSPS) is 21.4. The second kappa shape index (κ2) is 7.63. The summed E-state index contributed by atoms with van der Waals surface area (Å²) in [6.45, 7) is 0.783. The van der Waals surface area contributed by atoms with Crippen LogP contribution in [0.4, 0.5) is 4.39 Å². The van der Waals surface area contributed by atoms with Crippen LogP contribution >= 0.6 is 0 Å². The molecule has 3 rings (SSSR count). The number of carbonyl (C=O) groups is 3. The highest BCUT2D eigenvalue weighted by Gasteiger charge is 2.31. The first-order chi connectivity index (χ1) is 12.0. The summed E-state index contributed by atoms with van der Waals surface area (Å²) < 4.78 is 18.8. The Morgan fingerprint density at radius 3 is 2.48 bits per heavy atom. The molecule has 3 amide bonds. The summed E-state index contributed by atoms with van der Waals surface area (Å²) >= 11 is 0. The Bertz CT molecular complexity index is 646. The van der Waals surface area contributed by atoms with Crippen molar-refractivity contribution in [2.24, 2.45) is 0 Å². The lowest BCUT2D eigenvalue weighted by molar-refractivity contribution is -0.153. The summed E-state index contributed by atoms with van der Waals surface area (Å²) in [6.07, 6.45) is 2.57. The maximum absolute atomic E-state index is 13.0. The molecule has 134 valence electrons. The van der Waals surface area contributed by atoms with Gasteiger partial charge in [-0.1, -0.05) is 0 Å². The van der Waals surface area contributed by atoms with Crippen LogP contribution in [0.1, 0.15) is 32.1 Å². The third-order valence-corrected chi connectivity index (χ3v) is 4.52. The molecule has 25 heavy (non-hydrogen) atoms. The molecule has 0 saturated carbocycles. The molecule has 0 aliphatic carbocycles. The van der Waals surface area contributed by atoms with Gasteiger partial charge in [0.1, 0.15) is 24.2 Å². The zero-order valence-electron chi connectivity index (χ0n) is 13.9. The van der Waals surface area contributed by atoms with Crippen molar-refractivity contribution in [3.63, 3.8) is 0 Å². The average Bonchev–Trinajstić information content (AvgIpc) is 2.60. The molecule has 0 N–H and O–H groups in total. The van der Waals surface area contributed by atoms with Gasteiger partial charge in [0.15, 0.2) is 0 Å². The van der Waals surface area contributed by atoms with Crippen LogP contribution in [0.3, 0.4) is 0 Å². The van der Waals surface area contributed by atoms with E-state index < -0.39 is 0 Å². The lowest BCUT2D eigenvalue weighted by Crippen LogP contribution is -2.51. The van der Waals surface area contributed by atoms with Gasteiger partial charge in [-0.25, -0.2) is 4.39 Å². The largest absolute Gasteiger partial charge is 0.489 e. The van der Waals surface area contributed by atoms with Crippen molar-refractivity contribution < 1.29 is 23.5 Å². The van der Waals surface area contributed by atoms with Gasteiger partial charge in [-0.05, 0) is 43.5 Å². The van der Waals surface area contributed by atoms with Gasteiger partial charge in [0.05, 0.1) is 6.54 Å². The van der Waals surface area contributed by atoms with Gasteiger partial charge in [0.2, 0.25) is 17.7 Å². The van der Waals surface area contributed by atoms with Crippen molar-refractivity contribution in [3.8, 4) is 5.75 Å². The molecule has 2 aliphatic heterocycles. The number of halogens is 1. The number of imide groups is 1. The number of amides is 3. The molecular formula is C18H21FN2O4. The first-order valence-corrected chi connectivity index (χ1v) is 8.56. The van der Waals surface area contributed by atoms with Gasteiger partial charge < -0.3 is 9.64 Å². The van der Waals surface area contributed by atoms with Crippen molar-refractivity contribution in [3.05, 3.63) is 30.1 Å². The molecule has 1 atom stereocenters. The Hall–Kier alpha value is -2.44. The van der Waals surface area contributed by atoms with Crippen LogP contribution in [0.25, 0.3) is 0 Å². The molecule has 2 aliphatic rings. The second-order valence-electron chi connectivity index (χ2n) is 6.40. The highest BCUT2D eigenvalue weighted by atomic mass is 19.1. The van der Waals surface area contributed by atoms with Gasteiger partial charge in [-0.15, -0.1) is 0 Å². The third kappa shape index (κ3) is 4.35. The first kappa shape index (κ1) is 17.4. The minimum atomic E-state index is -0.330. The third-order valence-electron chi connectivity index (χ3n) is 4.52. The molecule has 0 radical (unpaired) electrons. The topological polar surface area (TPSA) is 66.9 Å². The number of carbonyl (C=O) groups excluding carboxylic acids is 3. The Labute approximate surface area is 145 Å². The number of nitrogens with zero attached hydrogens (tertiary/aromatic N) is 2. The standard InChI is InChI=1S/C18H21FN2O4/c19-13-6-8-14(9-7-13)25-15-3-2-10-20(11-15)18(24)12-21-16(22)4-1-5-17(21)23/h6-9,15H,1-5,10-12H2/t15-/m1/s1. The Morgan fingerprint density at radius 1 is 1.12 bits per heavy atom. The Balaban J connectivity index is 1.56. The van der Waals surface area contributed by atoms with Crippen molar-refractivity contribution >= 4 is 17.7 Å². The van der Waals surface area contributed by atoms with Crippen LogP contribution in [0, 0.1) is 5.82 Å². The number of benzene rings is 1. The van der Waals surface area contributed by atoms with Crippen LogP contribution < -0.4 is 4.74 Å². The van der Waals surface area contributed by atoms with E-state index in [4.69, 9.17) is 4.74 Å². The molecule has 7 heteroatoms. The molecule has 0 bridgehead atoms. The number of likely N-dealkylation sites (tertiary alicyclic amines) is 2. The summed E-state index contributed by atoms with van der Waals surface area (Å²) in [5, 5.41) is 0. The van der Waals surface area contributed by atoms with Crippen LogP contribution in [-0.2, 0) is 14.4 Å². The Morgan fingerprint density at radius 2 is 1.80 bits per heavy atom. The SMILES string of the molecule is O=C(CN1C(=O)CCCC1=O)N1CCC[C@@H](Oc2ccc(F)cc2)C1. The quantitative estimate of drug-likeness (QED) is 0.778. The molecular weight excluding hydrogens is 327 g/mol. The fraction of sp³-hybridized carbons (Fsp3) is 0.500. The predicted octanol–water partition coefficient (Wildman–Crippen LogP) is 1.73. The lowest BCUT2D eigenvalue weighted by Gasteiger charge is -2.34. The fourth-order valence-electron chi connectivity index (χ4n) is 3.18. The van der Waals surface area contributed by atoms with Crippen LogP contribution in [0.2, 0.25) is 0 Å². The van der Waals surface area contributed by atoms with Gasteiger partial charge in [-0.3, -0.25) is 19.3 Å². The minimum Gasteiger partial charge on any atom is -0.489 e. The minimum absolute atomic E-state index is 0.184. The number of rotatable bonds is 4. The second-order valence-corrected chi connectivity index (χ2v) is 6.40. The van der Waals surface area contributed by atoms with Crippen molar-refractivity contribution in [1.29, 1.82) is 0 Å². The summed E-state index contributed by atoms with van der Waals surface area (Å²) in [5.41, 5.74) is 0. The average molecular weight is 348 g/mol. The van der Waals surface area contributed by atoms with Gasteiger partial charge >= 0.3 is 0 Å². The number of hydrogen-bond donors (Lipinski definition) is 0. The highest BCUT2D eigenvalue weighted by molar-refractivity contribution is 6.00. The van der Waals surface area contributed by atoms with E-state index in [9.17, 15) is 18.8 Å². The van der Waals surface area contributed by atoms with E-state index in [2.05, 4.69) is 0 Å². The summed E-state index contributed by atoms with van der Waals surface area (Å²) in [7, 11) is 0. The lowest BCUT2D eigenvalue weighted by atomic mass is 10.1. The zero-order chi connectivity index (χ0) is 17.8. The molecule has 0 spiro atoms. The Kier molecular flexibility index (Phi) is 5.31. The van der Waals surface area contributed by atoms with E-state index in [1.165, 1.54) is 12.1 Å². The van der Waals surface area contributed by atoms with Gasteiger partial charge in [0, 0.05) is 19.4 Å². The number of ether oxygens (including phenoxy) is 1. The smallest absolute Gasteiger partial charge is 0.242 e. The molecule has 0 aromatic heterocycles. The summed E-state index contributed by atoms with van der Waals surface area (Å²) in [4.78, 5) is 38.8. The molecule has 2 saturated heterocycles. The predicted molar refractivity (Wildman–Crippen MR) is 87.2 cm³/mol. The molecule has 1 aromatic rings. The summed E-state index contributed by atoms with van der Waals surface area (Å²) in [6, 6.07) is 5.77. The highest BCUT2D eigenvalue weighted by Crippen LogP contribution is 2.20. The molecule has 1 aromatic carbocycles. The van der Waals surface area contributed by atoms with E-state index in [0.717, 1.165) is 17.7 Å². The number of hydrogen-bond acceptors (Lipinski definition) is 4. The van der Waals surface area contributed by atoms with E-state index in [1.54, 1.807) is 17.0 Å². The monoisotopic (exact) mass is 348 g/mol. The maximum Gasteiger partial charge on any atom is 0.242 e.